The van der Waals surface area contributed by atoms with E-state index in [4.69, 9.17) is 133 Å². The molecule has 0 radical (unpaired) electrons. The fourth-order valence-corrected chi connectivity index (χ4v) is 11.3. The first-order valence-corrected chi connectivity index (χ1v) is 47.3. The van der Waals surface area contributed by atoms with Crippen LogP contribution in [0.1, 0.15) is 200 Å². The van der Waals surface area contributed by atoms with Gasteiger partial charge in [0.1, 0.15) is 12.8 Å². The van der Waals surface area contributed by atoms with Crippen molar-refractivity contribution < 1.29 is 147 Å². The monoisotopic (exact) mass is 1790 g/mol. The Balaban J connectivity index is 4.96. The first-order chi connectivity index (χ1) is 61.5. The number of ether oxygens (including phenoxy) is 28. The van der Waals surface area contributed by atoms with E-state index >= 15 is 0 Å². The van der Waals surface area contributed by atoms with Gasteiger partial charge < -0.3 is 138 Å². The van der Waals surface area contributed by atoms with Crippen LogP contribution in [0.4, 0.5) is 0 Å². The van der Waals surface area contributed by atoms with Crippen molar-refractivity contribution in [3.05, 3.63) is 24.3 Å². The van der Waals surface area contributed by atoms with Crippen LogP contribution in [0.25, 0.3) is 0 Å². The Morgan fingerprint density at radius 3 is 0.718 bits per heavy atom. The van der Waals surface area contributed by atoms with Crippen molar-refractivity contribution in [1.29, 1.82) is 0 Å². The summed E-state index contributed by atoms with van der Waals surface area (Å²) >= 11 is 0. The van der Waals surface area contributed by atoms with Gasteiger partial charge >= 0.3 is 11.9 Å². The Bertz CT molecular complexity index is 2100. The van der Waals surface area contributed by atoms with Crippen LogP contribution in [-0.4, -0.2) is 375 Å². The van der Waals surface area contributed by atoms with Gasteiger partial charge in [0.2, 0.25) is 0 Å². The van der Waals surface area contributed by atoms with Crippen LogP contribution in [0.5, 0.6) is 0 Å². The van der Waals surface area contributed by atoms with Gasteiger partial charge in [0.25, 0.3) is 5.91 Å². The van der Waals surface area contributed by atoms with E-state index in [0.29, 0.717) is 284 Å². The highest BCUT2D eigenvalue weighted by Crippen LogP contribution is 2.14. The topological polar surface area (TPSA) is 322 Å². The first kappa shape index (κ1) is 121. The van der Waals surface area contributed by atoms with Crippen LogP contribution < -0.4 is 5.32 Å². The number of carbonyl (C=O) groups excluding carboxylic acids is 3. The van der Waals surface area contributed by atoms with Gasteiger partial charge in [-0.3, -0.25) is 9.59 Å². The van der Waals surface area contributed by atoms with Crippen LogP contribution in [-0.2, 0) is 147 Å². The molecule has 0 aromatic heterocycles. The highest BCUT2D eigenvalue weighted by atomic mass is 16.7. The molecule has 2 atom stereocenters. The number of hydrogen-bond donors (Lipinski definition) is 1. The van der Waals surface area contributed by atoms with Crippen LogP contribution >= 0.6 is 0 Å². The van der Waals surface area contributed by atoms with Gasteiger partial charge in [-0.1, -0.05) is 154 Å². The van der Waals surface area contributed by atoms with Gasteiger partial charge in [-0.05, 0) is 64.2 Å². The molecule has 2 unspecified atom stereocenters. The lowest BCUT2D eigenvalue weighted by atomic mass is 10.1. The van der Waals surface area contributed by atoms with E-state index in [-0.39, 0.29) is 59.6 Å². The number of amides is 1. The summed E-state index contributed by atoms with van der Waals surface area (Å²) in [5.74, 6) is -2.00. The SMILES string of the molecule is CCCCCCCCC=CCCCCCCCCOC(=O)CC(NC(=O)C(COCCOCCOCCOCCOCCOCCOCCOCCOCCOCCOCCOCCOC)OCCOCOCCOCCOCCOCCOCCOCCOCCOCCOCCOCCOC)C(=O)OCCCCCCCCC=CCCCCCCCC. The van der Waals surface area contributed by atoms with Gasteiger partial charge in [0, 0.05) is 14.2 Å². The van der Waals surface area contributed by atoms with Crippen molar-refractivity contribution >= 4 is 17.8 Å². The van der Waals surface area contributed by atoms with E-state index in [2.05, 4.69) is 43.5 Å². The van der Waals surface area contributed by atoms with E-state index in [1.165, 1.54) is 89.9 Å². The highest BCUT2D eigenvalue weighted by molar-refractivity contribution is 5.89. The molecule has 0 saturated carbocycles. The molecular weight excluding hydrogens is 1610 g/mol. The molecule has 0 aromatic carbocycles. The molecule has 0 rings (SSSR count). The second-order valence-electron chi connectivity index (χ2n) is 29.1. The van der Waals surface area contributed by atoms with Crippen LogP contribution in [0.15, 0.2) is 24.3 Å². The molecule has 0 bridgehead atoms. The van der Waals surface area contributed by atoms with Crippen molar-refractivity contribution in [1.82, 2.24) is 5.32 Å². The molecule has 0 aromatic rings. The van der Waals surface area contributed by atoms with Gasteiger partial charge in [-0.25, -0.2) is 4.79 Å². The molecule has 32 heteroatoms. The standard InChI is InChI=1S/C92H177NO31/c1-5-7-9-11-13-15-17-19-21-23-25-27-29-31-33-35-37-123-90(94)85-88(92(96)124-38-36-34-32-30-28-26-24-22-20-18-16-14-12-10-8-6-2)93-91(95)89(122-84-83-121-87-120-82-80-118-78-76-116-74-72-114-70-68-112-66-64-108-58-56-106-54-52-104-50-48-102-46-44-100-42-40-98-4)86-119-81-79-117-77-75-115-73-71-113-69-67-111-65-63-110-62-61-109-60-59-107-57-55-105-53-51-103-49-47-101-45-43-99-41-39-97-3/h19-22,88-89H,5-18,23-87H2,1-4H3,(H,93,95). The summed E-state index contributed by atoms with van der Waals surface area (Å²) in [7, 11) is 3.28. The fourth-order valence-electron chi connectivity index (χ4n) is 11.3. The van der Waals surface area contributed by atoms with E-state index in [1.54, 1.807) is 14.2 Å². The number of allylic oxidation sites excluding steroid dienone is 4. The van der Waals surface area contributed by atoms with Crippen molar-refractivity contribution in [2.45, 2.75) is 212 Å². The van der Waals surface area contributed by atoms with Gasteiger partial charge in [0.15, 0.2) is 6.10 Å². The Labute approximate surface area is 748 Å². The van der Waals surface area contributed by atoms with E-state index in [0.717, 1.165) is 77.0 Å². The number of carbonyl (C=O) groups is 3. The average Bonchev–Trinajstić information content (AvgIpc) is 0.883. The Morgan fingerprint density at radius 2 is 0.452 bits per heavy atom. The Hall–Kier alpha value is -3.15. The zero-order chi connectivity index (χ0) is 89.1. The zero-order valence-corrected chi connectivity index (χ0v) is 78.0. The molecule has 0 fully saturated rings. The number of nitrogens with one attached hydrogen (secondary N) is 1. The van der Waals surface area contributed by atoms with Crippen molar-refractivity contribution in [2.24, 2.45) is 0 Å². The molecule has 1 N–H and O–H groups in total. The summed E-state index contributed by atoms with van der Waals surface area (Å²) in [5.41, 5.74) is 0. The zero-order valence-electron chi connectivity index (χ0n) is 78.0. The number of hydrogen-bond acceptors (Lipinski definition) is 31. The number of rotatable bonds is 111. The molecule has 0 aliphatic carbocycles. The predicted octanol–water partition coefficient (Wildman–Crippen LogP) is 12.0. The van der Waals surface area contributed by atoms with Crippen LogP contribution in [0, 0.1) is 0 Å². The molecule has 736 valence electrons. The van der Waals surface area contributed by atoms with E-state index in [1.807, 2.05) is 0 Å². The second-order valence-corrected chi connectivity index (χ2v) is 29.1. The van der Waals surface area contributed by atoms with Crippen LogP contribution in [0.2, 0.25) is 0 Å². The molecule has 1 amide bonds. The molecule has 0 spiro atoms. The maximum absolute atomic E-state index is 14.1. The Kier molecular flexibility index (Phi) is 108. The number of unbranched alkanes of at least 4 members (excludes halogenated alkanes) is 24. The van der Waals surface area contributed by atoms with Crippen molar-refractivity contribution in [3.63, 3.8) is 0 Å². The van der Waals surface area contributed by atoms with Crippen molar-refractivity contribution in [2.75, 3.05) is 345 Å². The first-order valence-electron chi connectivity index (χ1n) is 47.3. The lowest BCUT2D eigenvalue weighted by Crippen LogP contribution is -2.49. The Morgan fingerprint density at radius 1 is 0.234 bits per heavy atom. The minimum atomic E-state index is -1.32. The molecule has 0 aliphatic heterocycles. The second kappa shape index (κ2) is 110. The lowest BCUT2D eigenvalue weighted by Gasteiger charge is -2.22. The average molecular weight is 1790 g/mol. The summed E-state index contributed by atoms with van der Waals surface area (Å²) in [6.07, 6.45) is 40.1. The third-order valence-electron chi connectivity index (χ3n) is 18.4. The molecule has 0 aliphatic rings. The van der Waals surface area contributed by atoms with Gasteiger partial charge in [-0.15, -0.1) is 0 Å². The van der Waals surface area contributed by atoms with Gasteiger partial charge in [0.05, 0.1) is 330 Å². The third-order valence-corrected chi connectivity index (χ3v) is 18.4. The molecule has 0 saturated heterocycles. The van der Waals surface area contributed by atoms with E-state index < -0.39 is 36.4 Å². The maximum atomic E-state index is 14.1. The molecule has 32 nitrogen and oxygen atoms in total. The normalized spacial score (nSPS) is 12.3. The van der Waals surface area contributed by atoms with Crippen LogP contribution in [0.3, 0.4) is 0 Å². The number of methoxy groups -OCH3 is 2. The molecule has 0 heterocycles. The summed E-state index contributed by atoms with van der Waals surface area (Å²) in [4.78, 5) is 41.4. The predicted molar refractivity (Wildman–Crippen MR) is 475 cm³/mol. The minimum absolute atomic E-state index is 0.0214. The smallest absolute Gasteiger partial charge is 0.329 e. The minimum Gasteiger partial charge on any atom is -0.466 e. The molecular formula is C92H177NO31. The largest absolute Gasteiger partial charge is 0.466 e. The van der Waals surface area contributed by atoms with E-state index in [9.17, 15) is 14.4 Å². The number of esters is 2. The van der Waals surface area contributed by atoms with Gasteiger partial charge in [-0.2, -0.15) is 0 Å². The third kappa shape index (κ3) is 103. The quantitative estimate of drug-likeness (QED) is 0.0256. The summed E-state index contributed by atoms with van der Waals surface area (Å²) in [6, 6.07) is -1.32. The summed E-state index contributed by atoms with van der Waals surface area (Å²) < 4.78 is 155. The molecule has 124 heavy (non-hydrogen) atoms. The lowest BCUT2D eigenvalue weighted by molar-refractivity contribution is -0.156. The summed E-state index contributed by atoms with van der Waals surface area (Å²) in [6.45, 7) is 24.2. The fraction of sp³-hybridized carbons (Fsp3) is 0.924. The summed E-state index contributed by atoms with van der Waals surface area (Å²) in [5, 5.41) is 2.74. The highest BCUT2D eigenvalue weighted by Gasteiger charge is 2.30. The maximum Gasteiger partial charge on any atom is 0.329 e. The van der Waals surface area contributed by atoms with Crippen molar-refractivity contribution in [3.8, 4) is 0 Å².